The molecule has 0 saturated carbocycles. The van der Waals surface area contributed by atoms with Crippen molar-refractivity contribution in [3.63, 3.8) is 0 Å². The predicted octanol–water partition coefficient (Wildman–Crippen LogP) is 4.81. The van der Waals surface area contributed by atoms with Gasteiger partial charge in [-0.05, 0) is 34.9 Å². The molecule has 3 aromatic heterocycles. The van der Waals surface area contributed by atoms with E-state index < -0.39 is 4.92 Å². The van der Waals surface area contributed by atoms with Crippen LogP contribution in [-0.4, -0.2) is 34.1 Å². The van der Waals surface area contributed by atoms with Crippen molar-refractivity contribution in [3.05, 3.63) is 87.8 Å². The van der Waals surface area contributed by atoms with Crippen molar-refractivity contribution in [2.45, 2.75) is 12.8 Å². The third-order valence-corrected chi connectivity index (χ3v) is 5.62. The summed E-state index contributed by atoms with van der Waals surface area (Å²) < 4.78 is 17.4. The van der Waals surface area contributed by atoms with Crippen molar-refractivity contribution < 1.29 is 18.8 Å². The fraction of sp³-hybridized carbons (Fsp3) is 0.167. The van der Waals surface area contributed by atoms with Crippen LogP contribution in [0.1, 0.15) is 22.5 Å². The highest BCUT2D eigenvalue weighted by atomic mass is 16.6. The normalized spacial score (nSPS) is 11.2. The molecule has 0 atom stereocenters. The van der Waals surface area contributed by atoms with E-state index in [9.17, 15) is 10.1 Å². The monoisotopic (exact) mass is 444 g/mol. The molecule has 1 N–H and O–H groups in total. The van der Waals surface area contributed by atoms with E-state index >= 15 is 0 Å². The van der Waals surface area contributed by atoms with Crippen molar-refractivity contribution in [1.82, 2.24) is 15.0 Å². The predicted molar refractivity (Wildman–Crippen MR) is 122 cm³/mol. The third kappa shape index (κ3) is 3.73. The smallest absolute Gasteiger partial charge is 0.270 e. The van der Waals surface area contributed by atoms with E-state index in [4.69, 9.17) is 13.9 Å². The molecule has 2 aromatic carbocycles. The summed E-state index contributed by atoms with van der Waals surface area (Å²) in [5, 5.41) is 12.9. The second-order valence-corrected chi connectivity index (χ2v) is 7.63. The number of H-pyrrole nitrogens is 1. The van der Waals surface area contributed by atoms with Crippen LogP contribution in [0.5, 0.6) is 11.5 Å². The van der Waals surface area contributed by atoms with Crippen LogP contribution in [0.15, 0.2) is 59.7 Å². The van der Waals surface area contributed by atoms with Crippen LogP contribution in [-0.2, 0) is 12.8 Å². The largest absolute Gasteiger partial charge is 0.493 e. The number of nitrogens with one attached hydrogen (secondary N) is 1. The van der Waals surface area contributed by atoms with Crippen molar-refractivity contribution in [1.29, 1.82) is 0 Å². The lowest BCUT2D eigenvalue weighted by molar-refractivity contribution is -0.384. The Labute approximate surface area is 188 Å². The number of rotatable bonds is 7. The standard InChI is InChI=1S/C24H20N4O5/c1-31-22-7-15(5-14-10-25-13-26-11-14)20-9-18(33-23(20)24(22)32-2)6-16-12-27-21-4-3-17(28(29)30)8-19(16)21/h3-4,7-13,27H,5-6H2,1-2H3. The van der Waals surface area contributed by atoms with Crippen LogP contribution in [0, 0.1) is 10.1 Å². The van der Waals surface area contributed by atoms with Gasteiger partial charge in [-0.3, -0.25) is 10.1 Å². The molecular weight excluding hydrogens is 424 g/mol. The van der Waals surface area contributed by atoms with E-state index in [0.717, 1.165) is 33.0 Å². The molecule has 0 unspecified atom stereocenters. The summed E-state index contributed by atoms with van der Waals surface area (Å²) in [6, 6.07) is 8.69. The lowest BCUT2D eigenvalue weighted by atomic mass is 10.0. The summed E-state index contributed by atoms with van der Waals surface area (Å²) in [7, 11) is 3.16. The van der Waals surface area contributed by atoms with Crippen molar-refractivity contribution in [2.75, 3.05) is 14.2 Å². The molecule has 5 aromatic rings. The van der Waals surface area contributed by atoms with Gasteiger partial charge in [-0.25, -0.2) is 9.97 Å². The first-order chi connectivity index (χ1) is 16.1. The molecule has 9 heteroatoms. The van der Waals surface area contributed by atoms with E-state index in [-0.39, 0.29) is 5.69 Å². The number of ether oxygens (including phenoxy) is 2. The fourth-order valence-electron chi connectivity index (χ4n) is 4.10. The molecule has 0 amide bonds. The molecule has 9 nitrogen and oxygen atoms in total. The number of nitro benzene ring substituents is 1. The number of methoxy groups -OCH3 is 2. The highest BCUT2D eigenvalue weighted by molar-refractivity contribution is 5.90. The van der Waals surface area contributed by atoms with Gasteiger partial charge in [0.25, 0.3) is 5.69 Å². The number of hydrogen-bond donors (Lipinski definition) is 1. The number of furan rings is 1. The zero-order chi connectivity index (χ0) is 22.9. The average molecular weight is 444 g/mol. The Morgan fingerprint density at radius 2 is 1.85 bits per heavy atom. The number of benzene rings is 2. The summed E-state index contributed by atoms with van der Waals surface area (Å²) in [6.45, 7) is 0. The van der Waals surface area contributed by atoms with Gasteiger partial charge in [0.15, 0.2) is 11.3 Å². The molecule has 0 radical (unpaired) electrons. The van der Waals surface area contributed by atoms with E-state index in [1.807, 2.05) is 18.3 Å². The highest BCUT2D eigenvalue weighted by Crippen LogP contribution is 2.41. The maximum absolute atomic E-state index is 11.2. The highest BCUT2D eigenvalue weighted by Gasteiger charge is 2.20. The minimum atomic E-state index is -0.395. The molecule has 166 valence electrons. The number of non-ortho nitro benzene ring substituents is 1. The minimum Gasteiger partial charge on any atom is -0.493 e. The lowest BCUT2D eigenvalue weighted by Gasteiger charge is -2.11. The molecule has 5 rings (SSSR count). The first kappa shape index (κ1) is 20.5. The molecule has 33 heavy (non-hydrogen) atoms. The SMILES string of the molecule is COc1cc(Cc2cncnc2)c2cc(Cc3c[nH]c4ccc([N+](=O)[O-])cc34)oc2c1OC. The van der Waals surface area contributed by atoms with E-state index in [0.29, 0.717) is 35.7 Å². The van der Waals surface area contributed by atoms with Gasteiger partial charge in [0.2, 0.25) is 5.75 Å². The van der Waals surface area contributed by atoms with Crippen LogP contribution in [0.25, 0.3) is 21.9 Å². The topological polar surface area (TPSA) is 116 Å². The number of fused-ring (bicyclic) bond motifs is 2. The van der Waals surface area contributed by atoms with E-state index in [1.54, 1.807) is 38.7 Å². The zero-order valence-electron chi connectivity index (χ0n) is 18.0. The third-order valence-electron chi connectivity index (χ3n) is 5.62. The Kier molecular flexibility index (Phi) is 5.14. The Balaban J connectivity index is 1.60. The van der Waals surface area contributed by atoms with Gasteiger partial charge in [-0.1, -0.05) is 0 Å². The first-order valence-electron chi connectivity index (χ1n) is 10.2. The first-order valence-corrected chi connectivity index (χ1v) is 10.2. The van der Waals surface area contributed by atoms with Crippen molar-refractivity contribution in [3.8, 4) is 11.5 Å². The van der Waals surface area contributed by atoms with E-state index in [2.05, 4.69) is 15.0 Å². The van der Waals surface area contributed by atoms with Gasteiger partial charge >= 0.3 is 0 Å². The zero-order valence-corrected chi connectivity index (χ0v) is 18.0. The summed E-state index contributed by atoms with van der Waals surface area (Å²) in [5.41, 5.74) is 4.31. The summed E-state index contributed by atoms with van der Waals surface area (Å²) in [6.07, 6.45) is 7.94. The number of nitrogens with zero attached hydrogens (tertiary/aromatic N) is 3. The molecule has 0 spiro atoms. The molecule has 0 fully saturated rings. The van der Waals surface area contributed by atoms with Gasteiger partial charge in [0.05, 0.1) is 19.1 Å². The van der Waals surface area contributed by atoms with E-state index in [1.165, 1.54) is 12.4 Å². The van der Waals surface area contributed by atoms with Crippen LogP contribution < -0.4 is 9.47 Å². The van der Waals surface area contributed by atoms with Gasteiger partial charge in [0.1, 0.15) is 12.1 Å². The lowest BCUT2D eigenvalue weighted by Crippen LogP contribution is -1.96. The Bertz CT molecular complexity index is 1470. The molecule has 0 aliphatic rings. The second-order valence-electron chi connectivity index (χ2n) is 7.63. The summed E-state index contributed by atoms with van der Waals surface area (Å²) >= 11 is 0. The minimum absolute atomic E-state index is 0.0479. The quantitative estimate of drug-likeness (QED) is 0.283. The summed E-state index contributed by atoms with van der Waals surface area (Å²) in [5.74, 6) is 1.79. The van der Waals surface area contributed by atoms with Gasteiger partial charge in [-0.15, -0.1) is 0 Å². The second kappa shape index (κ2) is 8.27. The molecule has 0 bridgehead atoms. The number of aromatic nitrogens is 3. The molecule has 0 saturated heterocycles. The van der Waals surface area contributed by atoms with Crippen molar-refractivity contribution in [2.24, 2.45) is 0 Å². The van der Waals surface area contributed by atoms with Gasteiger partial charge in [-0.2, -0.15) is 0 Å². The molecular formula is C24H20N4O5. The molecule has 0 aliphatic carbocycles. The molecule has 0 aliphatic heterocycles. The fourth-order valence-corrected chi connectivity index (χ4v) is 4.10. The van der Waals surface area contributed by atoms with Crippen LogP contribution in [0.3, 0.4) is 0 Å². The summed E-state index contributed by atoms with van der Waals surface area (Å²) in [4.78, 5) is 22.2. The Hall–Kier alpha value is -4.40. The maximum atomic E-state index is 11.2. The number of hydrogen-bond acceptors (Lipinski definition) is 7. The molecule has 3 heterocycles. The van der Waals surface area contributed by atoms with Crippen LogP contribution >= 0.6 is 0 Å². The number of nitro groups is 1. The Morgan fingerprint density at radius 1 is 1.03 bits per heavy atom. The van der Waals surface area contributed by atoms with Gasteiger partial charge < -0.3 is 18.9 Å². The van der Waals surface area contributed by atoms with Gasteiger partial charge in [0, 0.05) is 59.9 Å². The Morgan fingerprint density at radius 3 is 2.58 bits per heavy atom. The van der Waals surface area contributed by atoms with Crippen LogP contribution in [0.2, 0.25) is 0 Å². The van der Waals surface area contributed by atoms with Crippen molar-refractivity contribution >= 4 is 27.6 Å². The average Bonchev–Trinajstić information content (AvgIpc) is 3.43. The van der Waals surface area contributed by atoms with Crippen LogP contribution in [0.4, 0.5) is 5.69 Å². The maximum Gasteiger partial charge on any atom is 0.270 e. The number of aromatic amines is 1.